The first-order chi connectivity index (χ1) is 33.6. The Morgan fingerprint density at radius 1 is 0.384 bits per heavy atom. The number of aliphatic hydroxyl groups is 2. The smallest absolute Gasteiger partial charge is 0.326 e. The van der Waals surface area contributed by atoms with E-state index < -0.39 is 206 Å². The standard InChI is InChI=1S/C42H68N10O21/c1-15(2)29(49-35(65)21(9-10-25(55)56)45-33(63)18(7)44-34(64)20(43)11-26(57)58)38(68)46-22(12-27(59)60)36(66)50-31(17(5)6)40(70)52-32(19(8)54)41(71)48-24(14-53)37(67)51-30(16(3)4)39(69)47-23(42(72)73)13-28(61)62/h15-24,29-32,53-54H,9-14,43H2,1-8H3,(H,44,64)(H,45,63)(H,46,68)(H,47,69)(H,48,71)(H,49,65)(H,50,66)(H,51,67)(H,52,70)(H,55,56)(H,57,58)(H,59,60)(H,61,62)(H,72,73)/t18-,19+,20-,21-,22-,23-,24-,29-,30-,31-,32-/m0/s1. The van der Waals surface area contributed by atoms with Crippen LogP contribution < -0.4 is 53.6 Å². The molecule has 0 aliphatic carbocycles. The predicted octanol–water partition coefficient (Wildman–Crippen LogP) is -6.59. The van der Waals surface area contributed by atoms with Gasteiger partial charge in [-0.15, -0.1) is 0 Å². The molecule has 9 amide bonds. The molecular formula is C42H68N10O21. The summed E-state index contributed by atoms with van der Waals surface area (Å²) in [5.74, 6) is -20.8. The van der Waals surface area contributed by atoms with Crippen LogP contribution in [-0.2, 0) is 67.1 Å². The molecule has 0 heterocycles. The lowest BCUT2D eigenvalue weighted by Crippen LogP contribution is -2.63. The van der Waals surface area contributed by atoms with E-state index in [0.29, 0.717) is 0 Å². The van der Waals surface area contributed by atoms with E-state index in [1.165, 1.54) is 41.5 Å². The van der Waals surface area contributed by atoms with Crippen molar-refractivity contribution in [3.63, 3.8) is 0 Å². The average Bonchev–Trinajstić information content (AvgIpc) is 3.26. The maximum atomic E-state index is 13.7. The SMILES string of the molecule is CC(C)[C@H](NC(=O)[C@H](CO)NC(=O)[C@@H](NC(=O)[C@@H](NC(=O)[C@H](CC(=O)O)NC(=O)[C@@H](NC(=O)[C@H](CCC(=O)O)NC(=O)[C@H](C)NC(=O)[C@@H](N)CC(=O)O)C(C)C)C(C)C)[C@@H](C)O)C(=O)N[C@@H](CC(=O)O)C(=O)O. The van der Waals surface area contributed by atoms with Gasteiger partial charge in [0.1, 0.15) is 54.4 Å². The van der Waals surface area contributed by atoms with E-state index in [4.69, 9.17) is 15.9 Å². The monoisotopic (exact) mass is 1050 g/mol. The largest absolute Gasteiger partial charge is 0.481 e. The topological polar surface area (TPSA) is 515 Å². The van der Waals surface area contributed by atoms with Crippen molar-refractivity contribution in [2.45, 2.75) is 154 Å². The molecule has 0 aliphatic heterocycles. The fourth-order valence-corrected chi connectivity index (χ4v) is 6.25. The van der Waals surface area contributed by atoms with Gasteiger partial charge in [-0.05, 0) is 38.0 Å². The second-order valence-corrected chi connectivity index (χ2v) is 17.7. The van der Waals surface area contributed by atoms with E-state index in [1.807, 2.05) is 5.32 Å². The number of aliphatic carboxylic acids is 5. The Morgan fingerprint density at radius 2 is 0.726 bits per heavy atom. The van der Waals surface area contributed by atoms with Crippen molar-refractivity contribution >= 4 is 83.0 Å². The highest BCUT2D eigenvalue weighted by atomic mass is 16.4. The van der Waals surface area contributed by atoms with E-state index in [2.05, 4.69) is 42.5 Å². The number of nitrogens with one attached hydrogen (secondary N) is 9. The molecule has 0 rings (SSSR count). The van der Waals surface area contributed by atoms with Crippen molar-refractivity contribution in [1.82, 2.24) is 47.9 Å². The molecule has 0 spiro atoms. The minimum Gasteiger partial charge on any atom is -0.481 e. The lowest BCUT2D eigenvalue weighted by Gasteiger charge is -2.30. The Balaban J connectivity index is 6.34. The molecule has 0 aromatic carbocycles. The Labute approximate surface area is 417 Å². The number of carbonyl (C=O) groups is 14. The third-order valence-electron chi connectivity index (χ3n) is 10.4. The molecule has 31 heteroatoms. The number of carbonyl (C=O) groups excluding carboxylic acids is 9. The van der Waals surface area contributed by atoms with Gasteiger partial charge in [0.05, 0.1) is 38.0 Å². The van der Waals surface area contributed by atoms with Crippen LogP contribution in [0.25, 0.3) is 0 Å². The van der Waals surface area contributed by atoms with Gasteiger partial charge in [-0.3, -0.25) is 62.3 Å². The summed E-state index contributed by atoms with van der Waals surface area (Å²) in [5, 5.41) is 86.2. The maximum Gasteiger partial charge on any atom is 0.326 e. The molecule has 73 heavy (non-hydrogen) atoms. The summed E-state index contributed by atoms with van der Waals surface area (Å²) < 4.78 is 0. The third kappa shape index (κ3) is 23.5. The van der Waals surface area contributed by atoms with Crippen LogP contribution in [0.3, 0.4) is 0 Å². The van der Waals surface area contributed by atoms with Crippen LogP contribution in [0, 0.1) is 17.8 Å². The van der Waals surface area contributed by atoms with Crippen LogP contribution in [0.1, 0.15) is 87.5 Å². The molecular weight excluding hydrogens is 981 g/mol. The van der Waals surface area contributed by atoms with Gasteiger partial charge in [-0.1, -0.05) is 41.5 Å². The number of nitrogens with two attached hydrogens (primary N) is 1. The third-order valence-corrected chi connectivity index (χ3v) is 10.4. The van der Waals surface area contributed by atoms with Gasteiger partial charge >= 0.3 is 29.8 Å². The molecule has 0 aromatic heterocycles. The van der Waals surface area contributed by atoms with Gasteiger partial charge in [0, 0.05) is 6.42 Å². The highest BCUT2D eigenvalue weighted by Gasteiger charge is 2.38. The van der Waals surface area contributed by atoms with Crippen LogP contribution in [-0.4, -0.2) is 192 Å². The summed E-state index contributed by atoms with van der Waals surface area (Å²) in [6.07, 6.45) is -5.95. The molecule has 18 N–H and O–H groups in total. The number of aliphatic hydroxyl groups excluding tert-OH is 2. The molecule has 11 atom stereocenters. The predicted molar refractivity (Wildman–Crippen MR) is 246 cm³/mol. The fraction of sp³-hybridized carbons (Fsp3) is 0.667. The number of hydrogen-bond acceptors (Lipinski definition) is 17. The van der Waals surface area contributed by atoms with Gasteiger partial charge in [0.25, 0.3) is 0 Å². The molecule has 0 unspecified atom stereocenters. The van der Waals surface area contributed by atoms with Crippen LogP contribution in [0.5, 0.6) is 0 Å². The van der Waals surface area contributed by atoms with Crippen LogP contribution in [0.15, 0.2) is 0 Å². The number of carboxylic acid groups (broad SMARTS) is 5. The molecule has 31 nitrogen and oxygen atoms in total. The van der Waals surface area contributed by atoms with Crippen LogP contribution in [0.2, 0.25) is 0 Å². The zero-order valence-electron chi connectivity index (χ0n) is 41.2. The number of rotatable bonds is 33. The lowest BCUT2D eigenvalue weighted by atomic mass is 10.00. The highest BCUT2D eigenvalue weighted by molar-refractivity contribution is 5.99. The number of amides is 9. The normalized spacial score (nSPS) is 15.6. The molecule has 412 valence electrons. The van der Waals surface area contributed by atoms with Crippen molar-refractivity contribution in [2.75, 3.05) is 6.61 Å². The Bertz CT molecular complexity index is 2050. The molecule has 0 aromatic rings. The summed E-state index contributed by atoms with van der Waals surface area (Å²) >= 11 is 0. The van der Waals surface area contributed by atoms with E-state index >= 15 is 0 Å². The van der Waals surface area contributed by atoms with Gasteiger partial charge in [0.15, 0.2) is 0 Å². The zero-order valence-corrected chi connectivity index (χ0v) is 41.2. The summed E-state index contributed by atoms with van der Waals surface area (Å²) in [7, 11) is 0. The van der Waals surface area contributed by atoms with Crippen LogP contribution >= 0.6 is 0 Å². The minimum atomic E-state index is -1.99. The number of hydrogen-bond donors (Lipinski definition) is 17. The average molecular weight is 1050 g/mol. The van der Waals surface area contributed by atoms with Crippen molar-refractivity contribution in [3.05, 3.63) is 0 Å². The van der Waals surface area contributed by atoms with Gasteiger partial charge in [-0.25, -0.2) is 4.79 Å². The molecule has 0 aliphatic rings. The fourth-order valence-electron chi connectivity index (χ4n) is 6.25. The number of carboxylic acids is 5. The Hall–Kier alpha value is -7.54. The minimum absolute atomic E-state index is 0.564. The van der Waals surface area contributed by atoms with E-state index in [0.717, 1.165) is 13.8 Å². The van der Waals surface area contributed by atoms with Crippen molar-refractivity contribution in [3.8, 4) is 0 Å². The molecule has 0 radical (unpaired) electrons. The first kappa shape index (κ1) is 65.5. The van der Waals surface area contributed by atoms with E-state index in [1.54, 1.807) is 0 Å². The summed E-state index contributed by atoms with van der Waals surface area (Å²) in [4.78, 5) is 176. The molecule has 0 fully saturated rings. The Morgan fingerprint density at radius 3 is 1.11 bits per heavy atom. The summed E-state index contributed by atoms with van der Waals surface area (Å²) in [6, 6.07) is -17.2. The maximum absolute atomic E-state index is 13.7. The molecule has 0 bridgehead atoms. The first-order valence-corrected chi connectivity index (χ1v) is 22.5. The van der Waals surface area contributed by atoms with E-state index in [-0.39, 0.29) is 0 Å². The second-order valence-electron chi connectivity index (χ2n) is 17.7. The van der Waals surface area contributed by atoms with E-state index in [9.17, 15) is 92.7 Å². The van der Waals surface area contributed by atoms with Gasteiger partial charge in [-0.2, -0.15) is 0 Å². The van der Waals surface area contributed by atoms with Crippen molar-refractivity contribution in [2.24, 2.45) is 23.5 Å². The van der Waals surface area contributed by atoms with Gasteiger partial charge < -0.3 is 89.3 Å². The second kappa shape index (κ2) is 31.0. The van der Waals surface area contributed by atoms with Gasteiger partial charge in [0.2, 0.25) is 53.2 Å². The highest BCUT2D eigenvalue weighted by Crippen LogP contribution is 2.11. The first-order valence-electron chi connectivity index (χ1n) is 22.5. The van der Waals surface area contributed by atoms with Crippen LogP contribution in [0.4, 0.5) is 0 Å². The zero-order chi connectivity index (χ0) is 56.8. The molecule has 0 saturated heterocycles. The van der Waals surface area contributed by atoms with Crippen molar-refractivity contribution < 1.29 is 103 Å². The lowest BCUT2D eigenvalue weighted by molar-refractivity contribution is -0.147. The van der Waals surface area contributed by atoms with Crippen molar-refractivity contribution in [1.29, 1.82) is 0 Å². The summed E-state index contributed by atoms with van der Waals surface area (Å²) in [5.41, 5.74) is 5.51. The molecule has 0 saturated carbocycles. The Kier molecular flexibility index (Phi) is 27.8. The summed E-state index contributed by atoms with van der Waals surface area (Å²) in [6.45, 7) is 9.50. The quantitative estimate of drug-likeness (QED) is 0.0291.